The minimum Gasteiger partial charge on any atom is -0.284 e. The van der Waals surface area contributed by atoms with Crippen molar-refractivity contribution in [2.75, 3.05) is 4.72 Å². The Morgan fingerprint density at radius 2 is 1.95 bits per heavy atom. The summed E-state index contributed by atoms with van der Waals surface area (Å²) in [6.45, 7) is 4.62. The number of nitrogens with zero attached hydrogens (tertiary/aromatic N) is 2. The van der Waals surface area contributed by atoms with Gasteiger partial charge in [-0.25, -0.2) is 8.42 Å². The van der Waals surface area contributed by atoms with E-state index >= 15 is 0 Å². The quantitative estimate of drug-likeness (QED) is 0.661. The number of aryl methyl sites for hydroxylation is 2. The molecule has 0 spiro atoms. The summed E-state index contributed by atoms with van der Waals surface area (Å²) in [7, 11) is -3.93. The zero-order valence-electron chi connectivity index (χ0n) is 11.7. The fourth-order valence-corrected chi connectivity index (χ4v) is 3.87. The highest BCUT2D eigenvalue weighted by Gasteiger charge is 2.27. The third kappa shape index (κ3) is 2.72. The standard InChI is InChI=1S/C12H14N4O4S/c1-7-4-8(2)12(9(3)11(7)16(17)18)21(19,20)15-10-5-13-14-6-10/h4-6,15H,1-3H3,(H,13,14). The number of nitrogens with one attached hydrogen (secondary N) is 2. The van der Waals surface area contributed by atoms with Gasteiger partial charge in [0, 0.05) is 17.3 Å². The van der Waals surface area contributed by atoms with Crippen LogP contribution in [-0.2, 0) is 10.0 Å². The minimum absolute atomic E-state index is 0.0824. The summed E-state index contributed by atoms with van der Waals surface area (Å²) in [5.41, 5.74) is 1.07. The molecule has 0 aliphatic carbocycles. The van der Waals surface area contributed by atoms with Gasteiger partial charge < -0.3 is 0 Å². The van der Waals surface area contributed by atoms with E-state index in [9.17, 15) is 18.5 Å². The lowest BCUT2D eigenvalue weighted by Crippen LogP contribution is -2.16. The number of aromatic nitrogens is 2. The van der Waals surface area contributed by atoms with Crippen LogP contribution in [0.2, 0.25) is 0 Å². The summed E-state index contributed by atoms with van der Waals surface area (Å²) < 4.78 is 27.2. The molecule has 0 bridgehead atoms. The molecule has 112 valence electrons. The maximum atomic E-state index is 12.5. The Kier molecular flexibility index (Phi) is 3.69. The van der Waals surface area contributed by atoms with Gasteiger partial charge in [-0.05, 0) is 32.4 Å². The van der Waals surface area contributed by atoms with Crippen molar-refractivity contribution in [3.8, 4) is 0 Å². The lowest BCUT2D eigenvalue weighted by molar-refractivity contribution is -0.386. The highest BCUT2D eigenvalue weighted by molar-refractivity contribution is 7.92. The van der Waals surface area contributed by atoms with E-state index in [-0.39, 0.29) is 21.8 Å². The smallest absolute Gasteiger partial charge is 0.276 e. The number of rotatable bonds is 4. The molecule has 1 heterocycles. The van der Waals surface area contributed by atoms with Crippen molar-refractivity contribution in [1.82, 2.24) is 10.2 Å². The fourth-order valence-electron chi connectivity index (χ4n) is 2.37. The molecule has 2 rings (SSSR count). The fraction of sp³-hybridized carbons (Fsp3) is 0.250. The molecule has 0 aliphatic heterocycles. The van der Waals surface area contributed by atoms with Crippen molar-refractivity contribution in [2.24, 2.45) is 0 Å². The van der Waals surface area contributed by atoms with Crippen molar-refractivity contribution >= 4 is 21.4 Å². The number of anilines is 1. The van der Waals surface area contributed by atoms with E-state index in [0.717, 1.165) is 0 Å². The van der Waals surface area contributed by atoms with E-state index in [1.54, 1.807) is 13.8 Å². The number of sulfonamides is 1. The van der Waals surface area contributed by atoms with Crippen LogP contribution in [0.1, 0.15) is 16.7 Å². The van der Waals surface area contributed by atoms with Crippen LogP contribution in [0.4, 0.5) is 11.4 Å². The van der Waals surface area contributed by atoms with Crippen LogP contribution in [0.25, 0.3) is 0 Å². The van der Waals surface area contributed by atoms with Crippen LogP contribution in [0, 0.1) is 30.9 Å². The summed E-state index contributed by atoms with van der Waals surface area (Å²) in [6, 6.07) is 1.50. The molecule has 0 radical (unpaired) electrons. The number of H-pyrrole nitrogens is 1. The Morgan fingerprint density at radius 1 is 1.29 bits per heavy atom. The molecule has 0 fully saturated rings. The molecule has 0 saturated carbocycles. The summed E-state index contributed by atoms with van der Waals surface area (Å²) in [6.07, 6.45) is 2.69. The molecular weight excluding hydrogens is 296 g/mol. The second-order valence-corrected chi connectivity index (χ2v) is 6.28. The normalized spacial score (nSPS) is 11.4. The van der Waals surface area contributed by atoms with Gasteiger partial charge in [0.25, 0.3) is 15.7 Å². The minimum atomic E-state index is -3.93. The number of aromatic amines is 1. The van der Waals surface area contributed by atoms with Crippen molar-refractivity contribution < 1.29 is 13.3 Å². The lowest BCUT2D eigenvalue weighted by atomic mass is 10.1. The number of nitro benzene ring substituents is 1. The van der Waals surface area contributed by atoms with Gasteiger partial charge in [0.15, 0.2) is 0 Å². The Morgan fingerprint density at radius 3 is 2.48 bits per heavy atom. The van der Waals surface area contributed by atoms with E-state index in [1.165, 1.54) is 25.4 Å². The highest BCUT2D eigenvalue weighted by atomic mass is 32.2. The molecule has 2 N–H and O–H groups in total. The van der Waals surface area contributed by atoms with Crippen molar-refractivity contribution in [2.45, 2.75) is 25.7 Å². The third-order valence-corrected chi connectivity index (χ3v) is 4.73. The van der Waals surface area contributed by atoms with Crippen LogP contribution in [-0.4, -0.2) is 23.5 Å². The molecule has 21 heavy (non-hydrogen) atoms. The third-order valence-electron chi connectivity index (χ3n) is 3.06. The molecular formula is C12H14N4O4S. The number of hydrogen-bond acceptors (Lipinski definition) is 5. The van der Waals surface area contributed by atoms with Crippen LogP contribution in [0.15, 0.2) is 23.4 Å². The Balaban J connectivity index is 2.63. The van der Waals surface area contributed by atoms with E-state index in [0.29, 0.717) is 11.1 Å². The summed E-state index contributed by atoms with van der Waals surface area (Å²) >= 11 is 0. The first-order chi connectivity index (χ1) is 9.74. The van der Waals surface area contributed by atoms with Crippen molar-refractivity contribution in [3.05, 3.63) is 45.3 Å². The Bertz CT molecular complexity index is 797. The van der Waals surface area contributed by atoms with Crippen LogP contribution < -0.4 is 4.72 Å². The second-order valence-electron chi connectivity index (χ2n) is 4.66. The van der Waals surface area contributed by atoms with E-state index in [4.69, 9.17) is 0 Å². The topological polar surface area (TPSA) is 118 Å². The monoisotopic (exact) mass is 310 g/mol. The molecule has 9 heteroatoms. The zero-order valence-corrected chi connectivity index (χ0v) is 12.5. The van der Waals surface area contributed by atoms with Gasteiger partial charge in [-0.3, -0.25) is 19.9 Å². The average Bonchev–Trinajstić information content (AvgIpc) is 2.78. The zero-order chi connectivity index (χ0) is 15.8. The van der Waals surface area contributed by atoms with Gasteiger partial charge >= 0.3 is 0 Å². The van der Waals surface area contributed by atoms with Gasteiger partial charge in [0.1, 0.15) is 0 Å². The number of benzene rings is 1. The molecule has 2 aromatic rings. The molecule has 1 aromatic carbocycles. The van der Waals surface area contributed by atoms with Gasteiger partial charge in [0.05, 0.1) is 21.7 Å². The largest absolute Gasteiger partial charge is 0.284 e. The van der Waals surface area contributed by atoms with Gasteiger partial charge in [-0.1, -0.05) is 0 Å². The predicted octanol–water partition coefficient (Wildman–Crippen LogP) is 2.04. The second kappa shape index (κ2) is 5.17. The molecule has 0 aliphatic rings. The highest BCUT2D eigenvalue weighted by Crippen LogP contribution is 2.32. The van der Waals surface area contributed by atoms with E-state index < -0.39 is 14.9 Å². The molecule has 0 amide bonds. The van der Waals surface area contributed by atoms with Gasteiger partial charge in [0.2, 0.25) is 0 Å². The summed E-state index contributed by atoms with van der Waals surface area (Å²) in [4.78, 5) is 10.5. The van der Waals surface area contributed by atoms with E-state index in [2.05, 4.69) is 14.9 Å². The predicted molar refractivity (Wildman–Crippen MR) is 76.7 cm³/mol. The summed E-state index contributed by atoms with van der Waals surface area (Å²) in [5.74, 6) is 0. The molecule has 0 unspecified atom stereocenters. The van der Waals surface area contributed by atoms with Crippen LogP contribution in [0.5, 0.6) is 0 Å². The first-order valence-corrected chi connectivity index (χ1v) is 7.49. The first kappa shape index (κ1) is 15.0. The van der Waals surface area contributed by atoms with Gasteiger partial charge in [-0.2, -0.15) is 5.10 Å². The average molecular weight is 310 g/mol. The Labute approximate surface area is 121 Å². The van der Waals surface area contributed by atoms with Crippen molar-refractivity contribution in [1.29, 1.82) is 0 Å². The first-order valence-electron chi connectivity index (χ1n) is 6.01. The number of hydrogen-bond donors (Lipinski definition) is 2. The molecule has 0 saturated heterocycles. The maximum absolute atomic E-state index is 12.5. The Hall–Kier alpha value is -2.42. The number of nitro groups is 1. The molecule has 8 nitrogen and oxygen atoms in total. The maximum Gasteiger partial charge on any atom is 0.276 e. The van der Waals surface area contributed by atoms with Gasteiger partial charge in [-0.15, -0.1) is 0 Å². The van der Waals surface area contributed by atoms with Crippen LogP contribution >= 0.6 is 0 Å². The van der Waals surface area contributed by atoms with E-state index in [1.807, 2.05) is 0 Å². The SMILES string of the molecule is Cc1cc(C)c(S(=O)(=O)Nc2cn[nH]c2)c(C)c1[N+](=O)[O-]. The molecule has 1 aromatic heterocycles. The van der Waals surface area contributed by atoms with Crippen LogP contribution in [0.3, 0.4) is 0 Å². The molecule has 0 atom stereocenters. The lowest BCUT2D eigenvalue weighted by Gasteiger charge is -2.13. The van der Waals surface area contributed by atoms with Crippen molar-refractivity contribution in [3.63, 3.8) is 0 Å². The summed E-state index contributed by atoms with van der Waals surface area (Å²) in [5, 5.41) is 17.3.